The van der Waals surface area contributed by atoms with Crippen LogP contribution < -0.4 is 5.32 Å². The summed E-state index contributed by atoms with van der Waals surface area (Å²) >= 11 is 0. The van der Waals surface area contributed by atoms with E-state index in [2.05, 4.69) is 15.3 Å². The lowest BCUT2D eigenvalue weighted by Crippen LogP contribution is -2.42. The fraction of sp³-hybridized carbons (Fsp3) is 0.222. The minimum Gasteiger partial charge on any atom is -0.382 e. The highest BCUT2D eigenvalue weighted by Crippen LogP contribution is 2.32. The molecule has 7 heteroatoms. The van der Waals surface area contributed by atoms with Crippen molar-refractivity contribution in [2.75, 3.05) is 18.4 Å². The molecular formula is C27H24F2N4O. The van der Waals surface area contributed by atoms with Gasteiger partial charge in [0, 0.05) is 54.5 Å². The number of carbonyl (C=O) groups excluding carboxylic acids is 1. The van der Waals surface area contributed by atoms with Gasteiger partial charge in [-0.1, -0.05) is 6.07 Å². The van der Waals surface area contributed by atoms with Crippen LogP contribution in [0.15, 0.2) is 67.1 Å². The summed E-state index contributed by atoms with van der Waals surface area (Å²) in [6.45, 7) is 3.18. The number of amides is 1. The molecule has 0 unspecified atom stereocenters. The monoisotopic (exact) mass is 458 g/mol. The Morgan fingerprint density at radius 3 is 2.53 bits per heavy atom. The zero-order valence-corrected chi connectivity index (χ0v) is 18.8. The van der Waals surface area contributed by atoms with E-state index in [9.17, 15) is 13.6 Å². The lowest BCUT2D eigenvalue weighted by molar-refractivity contribution is 0.0718. The summed E-state index contributed by atoms with van der Waals surface area (Å²) in [6.07, 6.45) is 6.73. The van der Waals surface area contributed by atoms with Crippen LogP contribution in [-0.2, 0) is 0 Å². The molecule has 172 valence electrons. The quantitative estimate of drug-likeness (QED) is 0.433. The van der Waals surface area contributed by atoms with Crippen molar-refractivity contribution in [3.8, 4) is 11.1 Å². The van der Waals surface area contributed by atoms with E-state index in [0.29, 0.717) is 24.2 Å². The Bertz CT molecular complexity index is 1350. The number of carbonyl (C=O) groups is 1. The van der Waals surface area contributed by atoms with E-state index >= 15 is 0 Å². The van der Waals surface area contributed by atoms with Crippen LogP contribution in [0, 0.1) is 18.6 Å². The van der Waals surface area contributed by atoms with E-state index in [1.54, 1.807) is 24.7 Å². The first-order chi connectivity index (χ1) is 16.5. The van der Waals surface area contributed by atoms with Gasteiger partial charge in [-0.05, 0) is 78.7 Å². The molecule has 5 rings (SSSR count). The highest BCUT2D eigenvalue weighted by Gasteiger charge is 2.24. The Morgan fingerprint density at radius 1 is 0.971 bits per heavy atom. The van der Waals surface area contributed by atoms with Gasteiger partial charge in [0.2, 0.25) is 0 Å². The number of halogens is 2. The maximum absolute atomic E-state index is 13.9. The van der Waals surface area contributed by atoms with Crippen LogP contribution in [0.3, 0.4) is 0 Å². The Kier molecular flexibility index (Phi) is 5.92. The lowest BCUT2D eigenvalue weighted by Gasteiger charge is -2.33. The molecule has 1 saturated heterocycles. The SMILES string of the molecule is Cc1ccc(C(=O)N2CCC(Nc3cc(-c4ccc(F)c(F)c4)cc4ccncc34)CC2)cn1. The fourth-order valence-corrected chi connectivity index (χ4v) is 4.38. The van der Waals surface area contributed by atoms with Gasteiger partial charge in [-0.3, -0.25) is 14.8 Å². The summed E-state index contributed by atoms with van der Waals surface area (Å²) < 4.78 is 27.3. The summed E-state index contributed by atoms with van der Waals surface area (Å²) in [5.41, 5.74) is 3.77. The first kappa shape index (κ1) is 21.9. The summed E-state index contributed by atoms with van der Waals surface area (Å²) in [4.78, 5) is 23.2. The highest BCUT2D eigenvalue weighted by atomic mass is 19.2. The van der Waals surface area contributed by atoms with E-state index in [1.165, 1.54) is 6.07 Å². The number of piperidine rings is 1. The number of aromatic nitrogens is 2. The molecule has 34 heavy (non-hydrogen) atoms. The molecule has 0 bridgehead atoms. The summed E-state index contributed by atoms with van der Waals surface area (Å²) in [5, 5.41) is 5.52. The van der Waals surface area contributed by atoms with Gasteiger partial charge in [-0.2, -0.15) is 0 Å². The number of nitrogens with one attached hydrogen (secondary N) is 1. The Morgan fingerprint density at radius 2 is 1.79 bits per heavy atom. The number of likely N-dealkylation sites (tertiary alicyclic amines) is 1. The van der Waals surface area contributed by atoms with E-state index < -0.39 is 11.6 Å². The van der Waals surface area contributed by atoms with Crippen molar-refractivity contribution >= 4 is 22.4 Å². The van der Waals surface area contributed by atoms with E-state index in [4.69, 9.17) is 0 Å². The first-order valence-corrected chi connectivity index (χ1v) is 11.3. The number of fused-ring (bicyclic) bond motifs is 1. The molecule has 0 radical (unpaired) electrons. The largest absolute Gasteiger partial charge is 0.382 e. The molecule has 1 fully saturated rings. The maximum atomic E-state index is 13.9. The molecular weight excluding hydrogens is 434 g/mol. The van der Waals surface area contributed by atoms with Gasteiger partial charge in [0.05, 0.1) is 5.56 Å². The van der Waals surface area contributed by atoms with Crippen molar-refractivity contribution in [2.24, 2.45) is 0 Å². The van der Waals surface area contributed by atoms with Gasteiger partial charge in [-0.15, -0.1) is 0 Å². The Balaban J connectivity index is 1.35. The summed E-state index contributed by atoms with van der Waals surface area (Å²) in [7, 11) is 0. The number of pyridine rings is 2. The van der Waals surface area contributed by atoms with Crippen LogP contribution in [0.25, 0.3) is 21.9 Å². The van der Waals surface area contributed by atoms with Gasteiger partial charge in [0.15, 0.2) is 11.6 Å². The molecule has 1 aliphatic heterocycles. The lowest BCUT2D eigenvalue weighted by atomic mass is 9.98. The second kappa shape index (κ2) is 9.17. The smallest absolute Gasteiger partial charge is 0.255 e. The van der Waals surface area contributed by atoms with Crippen LogP contribution in [0.4, 0.5) is 14.5 Å². The highest BCUT2D eigenvalue weighted by molar-refractivity contribution is 5.97. The van der Waals surface area contributed by atoms with Crippen molar-refractivity contribution in [1.82, 2.24) is 14.9 Å². The Hall–Kier alpha value is -3.87. The standard InChI is InChI=1S/C27H24F2N4O/c1-17-2-3-20(15-31-17)27(34)33-10-7-22(8-11-33)32-26-14-21(12-19-6-9-30-16-23(19)26)18-4-5-24(28)25(29)13-18/h2-6,9,12-16,22,32H,7-8,10-11H2,1H3. The number of nitrogens with zero attached hydrogens (tertiary/aromatic N) is 3. The average Bonchev–Trinajstić information content (AvgIpc) is 2.86. The van der Waals surface area contributed by atoms with Gasteiger partial charge in [-0.25, -0.2) is 8.78 Å². The van der Waals surface area contributed by atoms with Crippen LogP contribution in [0.2, 0.25) is 0 Å². The van der Waals surface area contributed by atoms with Crippen molar-refractivity contribution in [1.29, 1.82) is 0 Å². The van der Waals surface area contributed by atoms with Crippen LogP contribution in [0.1, 0.15) is 28.9 Å². The second-order valence-electron chi connectivity index (χ2n) is 8.65. The second-order valence-corrected chi connectivity index (χ2v) is 8.65. The zero-order valence-electron chi connectivity index (χ0n) is 18.8. The number of anilines is 1. The topological polar surface area (TPSA) is 58.1 Å². The molecule has 1 amide bonds. The van der Waals surface area contributed by atoms with Crippen molar-refractivity contribution in [3.63, 3.8) is 0 Å². The zero-order chi connectivity index (χ0) is 23.7. The molecule has 0 saturated carbocycles. The molecule has 3 heterocycles. The third kappa shape index (κ3) is 4.46. The summed E-state index contributed by atoms with van der Waals surface area (Å²) in [6, 6.07) is 13.6. The molecule has 2 aromatic carbocycles. The molecule has 5 nitrogen and oxygen atoms in total. The molecule has 4 aromatic rings. The van der Waals surface area contributed by atoms with Crippen molar-refractivity contribution in [3.05, 3.63) is 90.0 Å². The third-order valence-corrected chi connectivity index (χ3v) is 6.31. The summed E-state index contributed by atoms with van der Waals surface area (Å²) in [5.74, 6) is -1.74. The van der Waals surface area contributed by atoms with E-state index in [-0.39, 0.29) is 11.9 Å². The molecule has 1 N–H and O–H groups in total. The van der Waals surface area contributed by atoms with Gasteiger partial charge in [0.25, 0.3) is 5.91 Å². The predicted molar refractivity (Wildman–Crippen MR) is 129 cm³/mol. The van der Waals surface area contributed by atoms with Gasteiger partial charge < -0.3 is 10.2 Å². The minimum atomic E-state index is -0.873. The number of hydrogen-bond donors (Lipinski definition) is 1. The van der Waals surface area contributed by atoms with Gasteiger partial charge in [0.1, 0.15) is 0 Å². The molecule has 0 aliphatic carbocycles. The predicted octanol–water partition coefficient (Wildman–Crippen LogP) is 5.60. The molecule has 0 atom stereocenters. The number of aryl methyl sites for hydroxylation is 1. The normalized spacial score (nSPS) is 14.4. The van der Waals surface area contributed by atoms with Crippen LogP contribution >= 0.6 is 0 Å². The Labute approximate surface area is 196 Å². The molecule has 1 aliphatic rings. The van der Waals surface area contributed by atoms with Gasteiger partial charge >= 0.3 is 0 Å². The number of benzene rings is 2. The van der Waals surface area contributed by atoms with Crippen molar-refractivity contribution in [2.45, 2.75) is 25.8 Å². The van der Waals surface area contributed by atoms with E-state index in [1.807, 2.05) is 42.2 Å². The maximum Gasteiger partial charge on any atom is 0.255 e. The van der Waals surface area contributed by atoms with Crippen LogP contribution in [-0.4, -0.2) is 39.9 Å². The third-order valence-electron chi connectivity index (χ3n) is 6.31. The fourth-order valence-electron chi connectivity index (χ4n) is 4.38. The molecule has 0 spiro atoms. The van der Waals surface area contributed by atoms with E-state index in [0.717, 1.165) is 46.6 Å². The average molecular weight is 459 g/mol. The molecule has 2 aromatic heterocycles. The van der Waals surface area contributed by atoms with Crippen molar-refractivity contribution < 1.29 is 13.6 Å². The number of hydrogen-bond acceptors (Lipinski definition) is 4. The number of rotatable bonds is 4. The van der Waals surface area contributed by atoms with Crippen LogP contribution in [0.5, 0.6) is 0 Å². The first-order valence-electron chi connectivity index (χ1n) is 11.3. The minimum absolute atomic E-state index is 0.000864.